The van der Waals surface area contributed by atoms with Crippen LogP contribution in [-0.2, 0) is 11.2 Å². The third-order valence-corrected chi connectivity index (χ3v) is 4.50. The number of nitrogens with one attached hydrogen (secondary N) is 2. The van der Waals surface area contributed by atoms with Crippen LogP contribution in [0.2, 0.25) is 0 Å². The number of ether oxygens (including phenoxy) is 3. The first-order valence-corrected chi connectivity index (χ1v) is 9.35. The summed E-state index contributed by atoms with van der Waals surface area (Å²) in [6.45, 7) is 4.82. The maximum Gasteiger partial charge on any atom is 0.226 e. The molecule has 2 aromatic carbocycles. The number of carbonyl (C=O) groups is 1. The van der Waals surface area contributed by atoms with Crippen LogP contribution in [0, 0.1) is 6.92 Å². The Morgan fingerprint density at radius 2 is 1.71 bits per heavy atom. The molecule has 0 aliphatic heterocycles. The van der Waals surface area contributed by atoms with Crippen LogP contribution >= 0.6 is 0 Å². The summed E-state index contributed by atoms with van der Waals surface area (Å²) in [6.07, 6.45) is 1.19. The molecule has 0 aliphatic carbocycles. The lowest BCUT2D eigenvalue weighted by Crippen LogP contribution is -2.32. The monoisotopic (exact) mass is 386 g/mol. The Morgan fingerprint density at radius 3 is 2.39 bits per heavy atom. The van der Waals surface area contributed by atoms with E-state index in [-0.39, 0.29) is 11.9 Å². The van der Waals surface area contributed by atoms with Crippen molar-refractivity contribution < 1.29 is 19.0 Å². The Bertz CT molecular complexity index is 792. The fraction of sp³-hybridized carbons (Fsp3) is 0.409. The highest BCUT2D eigenvalue weighted by molar-refractivity contribution is 5.92. The van der Waals surface area contributed by atoms with Gasteiger partial charge < -0.3 is 24.8 Å². The van der Waals surface area contributed by atoms with Crippen molar-refractivity contribution >= 4 is 11.6 Å². The number of hydrogen-bond donors (Lipinski definition) is 2. The summed E-state index contributed by atoms with van der Waals surface area (Å²) in [4.78, 5) is 12.4. The predicted octanol–water partition coefficient (Wildman–Crippen LogP) is 3.57. The zero-order valence-corrected chi connectivity index (χ0v) is 17.3. The molecule has 6 nitrogen and oxygen atoms in total. The van der Waals surface area contributed by atoms with Crippen molar-refractivity contribution in [3.05, 3.63) is 47.5 Å². The molecular weight excluding hydrogens is 356 g/mol. The van der Waals surface area contributed by atoms with E-state index in [0.29, 0.717) is 23.6 Å². The third-order valence-electron chi connectivity index (χ3n) is 4.50. The van der Waals surface area contributed by atoms with Gasteiger partial charge in [-0.15, -0.1) is 0 Å². The van der Waals surface area contributed by atoms with Crippen molar-refractivity contribution in [3.63, 3.8) is 0 Å². The quantitative estimate of drug-likeness (QED) is 0.653. The summed E-state index contributed by atoms with van der Waals surface area (Å²) in [5.74, 6) is 2.07. The molecule has 0 aliphatic rings. The van der Waals surface area contributed by atoms with Gasteiger partial charge in [0.15, 0.2) is 0 Å². The van der Waals surface area contributed by atoms with Gasteiger partial charge in [0.05, 0.1) is 27.0 Å². The van der Waals surface area contributed by atoms with Crippen molar-refractivity contribution in [2.24, 2.45) is 0 Å². The van der Waals surface area contributed by atoms with Crippen molar-refractivity contribution in [1.29, 1.82) is 0 Å². The number of amides is 1. The number of aryl methyl sites for hydroxylation is 1. The van der Waals surface area contributed by atoms with Gasteiger partial charge in [-0.3, -0.25) is 4.79 Å². The molecule has 0 saturated carbocycles. The predicted molar refractivity (Wildman–Crippen MR) is 112 cm³/mol. The van der Waals surface area contributed by atoms with Crippen LogP contribution in [0.4, 0.5) is 5.69 Å². The van der Waals surface area contributed by atoms with Gasteiger partial charge in [-0.25, -0.2) is 0 Å². The number of anilines is 1. The molecule has 0 aromatic heterocycles. The highest BCUT2D eigenvalue weighted by atomic mass is 16.5. The van der Waals surface area contributed by atoms with Crippen LogP contribution in [-0.4, -0.2) is 39.8 Å². The summed E-state index contributed by atoms with van der Waals surface area (Å²) in [5.41, 5.74) is 2.96. The fourth-order valence-corrected chi connectivity index (χ4v) is 3.02. The minimum absolute atomic E-state index is 0.0346. The second kappa shape index (κ2) is 10.6. The zero-order valence-electron chi connectivity index (χ0n) is 17.3. The molecule has 0 radical (unpaired) electrons. The van der Waals surface area contributed by atoms with E-state index in [1.807, 2.05) is 19.1 Å². The molecule has 0 fully saturated rings. The van der Waals surface area contributed by atoms with Crippen LogP contribution in [0.3, 0.4) is 0 Å². The van der Waals surface area contributed by atoms with Gasteiger partial charge in [0.25, 0.3) is 0 Å². The highest BCUT2D eigenvalue weighted by Crippen LogP contribution is 2.29. The SMILES string of the molecule is COc1ccc(OC)c(NC(=O)CC(C)NCCc2cc(C)ccc2OC)c1. The van der Waals surface area contributed by atoms with E-state index in [1.54, 1.807) is 39.5 Å². The summed E-state index contributed by atoms with van der Waals surface area (Å²) in [5, 5.41) is 6.29. The molecule has 2 aromatic rings. The largest absolute Gasteiger partial charge is 0.497 e. The fourth-order valence-electron chi connectivity index (χ4n) is 3.02. The van der Waals surface area contributed by atoms with Crippen molar-refractivity contribution in [2.75, 3.05) is 33.2 Å². The van der Waals surface area contributed by atoms with Gasteiger partial charge in [-0.1, -0.05) is 17.7 Å². The molecule has 6 heteroatoms. The number of hydrogen-bond acceptors (Lipinski definition) is 5. The first kappa shape index (κ1) is 21.6. The standard InChI is InChI=1S/C22H30N2O4/c1-15-6-8-20(27-4)17(12-15)10-11-23-16(2)13-22(25)24-19-14-18(26-3)7-9-21(19)28-5/h6-9,12,14,16,23H,10-11,13H2,1-5H3,(H,24,25). The van der Waals surface area contributed by atoms with Gasteiger partial charge in [-0.05, 0) is 50.6 Å². The lowest BCUT2D eigenvalue weighted by Gasteiger charge is -2.16. The van der Waals surface area contributed by atoms with Gasteiger partial charge in [-0.2, -0.15) is 0 Å². The van der Waals surface area contributed by atoms with Crippen molar-refractivity contribution in [3.8, 4) is 17.2 Å². The van der Waals surface area contributed by atoms with Gasteiger partial charge in [0.1, 0.15) is 17.2 Å². The van der Waals surface area contributed by atoms with Gasteiger partial charge in [0.2, 0.25) is 5.91 Å². The van der Waals surface area contributed by atoms with E-state index in [4.69, 9.17) is 14.2 Å². The van der Waals surface area contributed by atoms with E-state index in [0.717, 1.165) is 24.3 Å². The molecule has 2 rings (SSSR count). The second-order valence-electron chi connectivity index (χ2n) is 6.74. The molecule has 0 saturated heterocycles. The summed E-state index contributed by atoms with van der Waals surface area (Å²) >= 11 is 0. The molecule has 0 bridgehead atoms. The lowest BCUT2D eigenvalue weighted by molar-refractivity contribution is -0.116. The van der Waals surface area contributed by atoms with Gasteiger partial charge >= 0.3 is 0 Å². The van der Waals surface area contributed by atoms with Crippen molar-refractivity contribution in [2.45, 2.75) is 32.7 Å². The van der Waals surface area contributed by atoms with E-state index < -0.39 is 0 Å². The molecule has 152 valence electrons. The topological polar surface area (TPSA) is 68.8 Å². The zero-order chi connectivity index (χ0) is 20.5. The third kappa shape index (κ3) is 6.16. The second-order valence-corrected chi connectivity index (χ2v) is 6.74. The van der Waals surface area contributed by atoms with E-state index in [9.17, 15) is 4.79 Å². The molecule has 0 spiro atoms. The van der Waals surface area contributed by atoms with Crippen LogP contribution < -0.4 is 24.8 Å². The molecule has 1 amide bonds. The van der Waals surface area contributed by atoms with Crippen LogP contribution in [0.15, 0.2) is 36.4 Å². The number of carbonyl (C=O) groups excluding carboxylic acids is 1. The number of rotatable bonds is 10. The minimum Gasteiger partial charge on any atom is -0.497 e. The summed E-state index contributed by atoms with van der Waals surface area (Å²) in [6, 6.07) is 11.5. The van der Waals surface area contributed by atoms with Gasteiger partial charge in [0, 0.05) is 18.5 Å². The Balaban J connectivity index is 1.85. The summed E-state index contributed by atoms with van der Waals surface area (Å²) < 4.78 is 15.9. The first-order valence-electron chi connectivity index (χ1n) is 9.35. The molecule has 28 heavy (non-hydrogen) atoms. The maximum absolute atomic E-state index is 12.4. The van der Waals surface area contributed by atoms with E-state index in [2.05, 4.69) is 23.6 Å². The van der Waals surface area contributed by atoms with Crippen LogP contribution in [0.25, 0.3) is 0 Å². The van der Waals surface area contributed by atoms with Crippen LogP contribution in [0.1, 0.15) is 24.5 Å². The Morgan fingerprint density at radius 1 is 1.00 bits per heavy atom. The van der Waals surface area contributed by atoms with E-state index in [1.165, 1.54) is 5.56 Å². The smallest absolute Gasteiger partial charge is 0.226 e. The Labute approximate surface area is 167 Å². The minimum atomic E-state index is -0.0836. The highest BCUT2D eigenvalue weighted by Gasteiger charge is 2.13. The average Bonchev–Trinajstić information content (AvgIpc) is 2.68. The maximum atomic E-state index is 12.4. The number of methoxy groups -OCH3 is 3. The van der Waals surface area contributed by atoms with Crippen molar-refractivity contribution in [1.82, 2.24) is 5.32 Å². The number of benzene rings is 2. The molecule has 2 N–H and O–H groups in total. The molecular formula is C22H30N2O4. The van der Waals surface area contributed by atoms with E-state index >= 15 is 0 Å². The Kier molecular flexibility index (Phi) is 8.14. The van der Waals surface area contributed by atoms with Crippen LogP contribution in [0.5, 0.6) is 17.2 Å². The normalized spacial score (nSPS) is 11.6. The lowest BCUT2D eigenvalue weighted by atomic mass is 10.1. The average molecular weight is 386 g/mol. The summed E-state index contributed by atoms with van der Waals surface area (Å²) in [7, 11) is 4.84. The molecule has 0 heterocycles. The molecule has 1 unspecified atom stereocenters. The Hall–Kier alpha value is -2.73. The molecule has 1 atom stereocenters. The first-order chi connectivity index (χ1) is 13.5.